The molecule has 1 heterocycles. The Morgan fingerprint density at radius 1 is 1.14 bits per heavy atom. The fraction of sp³-hybridized carbons (Fsp3) is 0.133. The van der Waals surface area contributed by atoms with Crippen LogP contribution in [-0.2, 0) is 5.88 Å². The molecule has 0 spiro atoms. The van der Waals surface area contributed by atoms with E-state index in [9.17, 15) is 13.2 Å². The molecular weight excluding hydrogens is 301 g/mol. The van der Waals surface area contributed by atoms with Crippen LogP contribution in [0.4, 0.5) is 13.2 Å². The number of aryl methyl sites for hydroxylation is 1. The lowest BCUT2D eigenvalue weighted by molar-refractivity contribution is 0.490. The molecule has 0 bridgehead atoms. The van der Waals surface area contributed by atoms with Crippen molar-refractivity contribution in [2.45, 2.75) is 12.8 Å². The number of aromatic nitrogens is 2. The predicted octanol–water partition coefficient (Wildman–Crippen LogP) is 4.49. The molecule has 3 aromatic rings. The Morgan fingerprint density at radius 3 is 2.62 bits per heavy atom. The van der Waals surface area contributed by atoms with Crippen molar-refractivity contribution in [3.8, 4) is 5.69 Å². The first-order valence-corrected chi connectivity index (χ1v) is 6.73. The molecule has 0 aliphatic carbocycles. The Labute approximate surface area is 123 Å². The molecule has 108 valence electrons. The van der Waals surface area contributed by atoms with Crippen molar-refractivity contribution in [2.24, 2.45) is 0 Å². The van der Waals surface area contributed by atoms with Crippen LogP contribution in [0.15, 0.2) is 30.3 Å². The second-order valence-electron chi connectivity index (χ2n) is 4.71. The summed E-state index contributed by atoms with van der Waals surface area (Å²) in [6.07, 6.45) is 0. The number of nitrogens with zero attached hydrogens (tertiary/aromatic N) is 2. The van der Waals surface area contributed by atoms with Gasteiger partial charge in [-0.25, -0.2) is 18.2 Å². The summed E-state index contributed by atoms with van der Waals surface area (Å²) in [6, 6.07) is 6.80. The minimum Gasteiger partial charge on any atom is -0.292 e. The molecular formula is C15H10ClF3N2. The van der Waals surface area contributed by atoms with E-state index in [0.29, 0.717) is 22.9 Å². The summed E-state index contributed by atoms with van der Waals surface area (Å²) in [4.78, 5) is 4.27. The molecule has 0 saturated heterocycles. The lowest BCUT2D eigenvalue weighted by atomic mass is 10.2. The van der Waals surface area contributed by atoms with E-state index in [4.69, 9.17) is 11.6 Å². The second kappa shape index (κ2) is 5.07. The van der Waals surface area contributed by atoms with E-state index < -0.39 is 17.5 Å². The van der Waals surface area contributed by atoms with Gasteiger partial charge in [0.25, 0.3) is 0 Å². The first-order chi connectivity index (χ1) is 10.0. The number of benzene rings is 2. The average Bonchev–Trinajstić information content (AvgIpc) is 2.80. The Balaban J connectivity index is 2.41. The fourth-order valence-corrected chi connectivity index (χ4v) is 2.48. The molecule has 0 fully saturated rings. The van der Waals surface area contributed by atoms with Crippen molar-refractivity contribution in [2.75, 3.05) is 0 Å². The molecule has 0 amide bonds. The van der Waals surface area contributed by atoms with Crippen molar-refractivity contribution in [3.05, 3.63) is 59.2 Å². The van der Waals surface area contributed by atoms with Gasteiger partial charge in [-0.15, -0.1) is 11.6 Å². The molecule has 0 radical (unpaired) electrons. The minimum atomic E-state index is -1.25. The summed E-state index contributed by atoms with van der Waals surface area (Å²) < 4.78 is 42.3. The smallest absolute Gasteiger partial charge is 0.183 e. The Hall–Kier alpha value is -2.01. The molecule has 0 aliphatic rings. The summed E-state index contributed by atoms with van der Waals surface area (Å²) >= 11 is 5.83. The first kappa shape index (κ1) is 13.9. The highest BCUT2D eigenvalue weighted by molar-refractivity contribution is 6.17. The maximum absolute atomic E-state index is 14.1. The SMILES string of the molecule is Cc1ccc2nc(CCl)n(-c3cc(F)cc(F)c3F)c2c1. The van der Waals surface area contributed by atoms with Crippen LogP contribution >= 0.6 is 11.6 Å². The second-order valence-corrected chi connectivity index (χ2v) is 4.98. The minimum absolute atomic E-state index is 0.00863. The zero-order chi connectivity index (χ0) is 15.1. The number of hydrogen-bond acceptors (Lipinski definition) is 1. The van der Waals surface area contributed by atoms with Gasteiger partial charge in [0.1, 0.15) is 11.6 Å². The molecule has 2 aromatic carbocycles. The van der Waals surface area contributed by atoms with E-state index in [1.165, 1.54) is 4.57 Å². The van der Waals surface area contributed by atoms with Gasteiger partial charge < -0.3 is 0 Å². The highest BCUT2D eigenvalue weighted by Crippen LogP contribution is 2.27. The van der Waals surface area contributed by atoms with E-state index in [1.807, 2.05) is 13.0 Å². The lowest BCUT2D eigenvalue weighted by Crippen LogP contribution is -2.05. The summed E-state index contributed by atoms with van der Waals surface area (Å²) in [5, 5.41) is 0. The number of rotatable bonds is 2. The van der Waals surface area contributed by atoms with E-state index in [2.05, 4.69) is 4.98 Å². The molecule has 1 aromatic heterocycles. The zero-order valence-electron chi connectivity index (χ0n) is 11.0. The molecule has 0 saturated carbocycles. The number of halogens is 4. The van der Waals surface area contributed by atoms with Gasteiger partial charge in [0.15, 0.2) is 11.6 Å². The van der Waals surface area contributed by atoms with Crippen LogP contribution in [0.25, 0.3) is 16.7 Å². The molecule has 0 aliphatic heterocycles. The number of imidazole rings is 1. The summed E-state index contributed by atoms with van der Waals surface area (Å²) in [5.74, 6) is -2.94. The van der Waals surface area contributed by atoms with Crippen LogP contribution in [0.2, 0.25) is 0 Å². The van der Waals surface area contributed by atoms with E-state index in [0.717, 1.165) is 11.6 Å². The number of hydrogen-bond donors (Lipinski definition) is 0. The first-order valence-electron chi connectivity index (χ1n) is 6.20. The highest BCUT2D eigenvalue weighted by Gasteiger charge is 2.18. The van der Waals surface area contributed by atoms with Gasteiger partial charge in [-0.2, -0.15) is 0 Å². The van der Waals surface area contributed by atoms with Crippen molar-refractivity contribution in [1.29, 1.82) is 0 Å². The van der Waals surface area contributed by atoms with Crippen LogP contribution in [0.1, 0.15) is 11.4 Å². The third-order valence-corrected chi connectivity index (χ3v) is 3.45. The maximum Gasteiger partial charge on any atom is 0.183 e. The van der Waals surface area contributed by atoms with Gasteiger partial charge in [0.2, 0.25) is 0 Å². The van der Waals surface area contributed by atoms with E-state index in [-0.39, 0.29) is 11.6 Å². The third-order valence-electron chi connectivity index (χ3n) is 3.21. The van der Waals surface area contributed by atoms with Gasteiger partial charge in [-0.3, -0.25) is 4.57 Å². The Morgan fingerprint density at radius 2 is 1.90 bits per heavy atom. The zero-order valence-corrected chi connectivity index (χ0v) is 11.8. The van der Waals surface area contributed by atoms with Gasteiger partial charge in [-0.1, -0.05) is 6.07 Å². The number of fused-ring (bicyclic) bond motifs is 1. The molecule has 21 heavy (non-hydrogen) atoms. The lowest BCUT2D eigenvalue weighted by Gasteiger charge is -2.10. The molecule has 3 rings (SSSR count). The van der Waals surface area contributed by atoms with Gasteiger partial charge >= 0.3 is 0 Å². The molecule has 6 heteroatoms. The highest BCUT2D eigenvalue weighted by atomic mass is 35.5. The van der Waals surface area contributed by atoms with Gasteiger partial charge in [0.05, 0.1) is 22.6 Å². The van der Waals surface area contributed by atoms with Crippen molar-refractivity contribution < 1.29 is 13.2 Å². The largest absolute Gasteiger partial charge is 0.292 e. The molecule has 0 unspecified atom stereocenters. The van der Waals surface area contributed by atoms with Crippen LogP contribution in [-0.4, -0.2) is 9.55 Å². The predicted molar refractivity (Wildman–Crippen MR) is 75.2 cm³/mol. The number of alkyl halides is 1. The van der Waals surface area contributed by atoms with Crippen molar-refractivity contribution >= 4 is 22.6 Å². The quantitative estimate of drug-likeness (QED) is 0.504. The normalized spacial score (nSPS) is 11.3. The molecule has 2 nitrogen and oxygen atoms in total. The Kier molecular flexibility index (Phi) is 3.37. The average molecular weight is 311 g/mol. The van der Waals surface area contributed by atoms with E-state index >= 15 is 0 Å². The van der Waals surface area contributed by atoms with Crippen molar-refractivity contribution in [1.82, 2.24) is 9.55 Å². The summed E-state index contributed by atoms with van der Waals surface area (Å²) in [6.45, 7) is 1.86. The molecule has 0 N–H and O–H groups in total. The van der Waals surface area contributed by atoms with E-state index in [1.54, 1.807) is 12.1 Å². The van der Waals surface area contributed by atoms with Crippen LogP contribution in [0.5, 0.6) is 0 Å². The summed E-state index contributed by atoms with van der Waals surface area (Å²) in [7, 11) is 0. The third kappa shape index (κ3) is 2.27. The maximum atomic E-state index is 14.1. The van der Waals surface area contributed by atoms with Crippen LogP contribution < -0.4 is 0 Å². The standard InChI is InChI=1S/C15H10ClF3N2/c1-8-2-3-11-12(4-8)21(14(7-16)20-11)13-6-9(17)5-10(18)15(13)19/h2-6H,7H2,1H3. The molecule has 0 atom stereocenters. The monoisotopic (exact) mass is 310 g/mol. The van der Waals surface area contributed by atoms with Gasteiger partial charge in [0, 0.05) is 12.1 Å². The Bertz CT molecular complexity index is 843. The van der Waals surface area contributed by atoms with Crippen LogP contribution in [0.3, 0.4) is 0 Å². The van der Waals surface area contributed by atoms with Gasteiger partial charge in [-0.05, 0) is 24.6 Å². The fourth-order valence-electron chi connectivity index (χ4n) is 2.30. The van der Waals surface area contributed by atoms with Crippen LogP contribution in [0, 0.1) is 24.4 Å². The topological polar surface area (TPSA) is 17.8 Å². The summed E-state index contributed by atoms with van der Waals surface area (Å²) in [5.41, 5.74) is 1.81. The van der Waals surface area contributed by atoms with Crippen molar-refractivity contribution in [3.63, 3.8) is 0 Å².